The van der Waals surface area contributed by atoms with Crippen LogP contribution in [-0.4, -0.2) is 11.1 Å². The fourth-order valence-electron chi connectivity index (χ4n) is 2.32. The second kappa shape index (κ2) is 19.5. The maximum atomic E-state index is 10.3. The SMILES string of the molecule is CC/C=C/C/C=C/CCCCCC/C=C/C=C/CCCCC(=O)O. The molecule has 1 N–H and O–H groups in total. The first-order valence-corrected chi connectivity index (χ1v) is 9.60. The minimum absolute atomic E-state index is 0.287. The van der Waals surface area contributed by atoms with E-state index in [1.807, 2.05) is 0 Å². The topological polar surface area (TPSA) is 37.3 Å². The van der Waals surface area contributed by atoms with Crippen LogP contribution in [0.2, 0.25) is 0 Å². The molecule has 0 atom stereocenters. The number of carboxylic acids is 1. The van der Waals surface area contributed by atoms with Crippen LogP contribution in [0.25, 0.3) is 0 Å². The summed E-state index contributed by atoms with van der Waals surface area (Å²) in [5.41, 5.74) is 0. The van der Waals surface area contributed by atoms with Crippen molar-refractivity contribution in [3.63, 3.8) is 0 Å². The van der Waals surface area contributed by atoms with Crippen LogP contribution in [0, 0.1) is 0 Å². The van der Waals surface area contributed by atoms with Gasteiger partial charge in [-0.15, -0.1) is 0 Å². The summed E-state index contributed by atoms with van der Waals surface area (Å²) >= 11 is 0. The van der Waals surface area contributed by atoms with Crippen LogP contribution in [0.3, 0.4) is 0 Å². The molecule has 0 aromatic rings. The normalized spacial score (nSPS) is 12.4. The van der Waals surface area contributed by atoms with Crippen molar-refractivity contribution < 1.29 is 9.90 Å². The molecule has 0 aliphatic rings. The van der Waals surface area contributed by atoms with E-state index < -0.39 is 5.97 Å². The fourth-order valence-corrected chi connectivity index (χ4v) is 2.32. The van der Waals surface area contributed by atoms with E-state index in [2.05, 4.69) is 55.5 Å². The van der Waals surface area contributed by atoms with Gasteiger partial charge in [0.05, 0.1) is 0 Å². The highest BCUT2D eigenvalue weighted by atomic mass is 16.4. The molecule has 2 nitrogen and oxygen atoms in total. The summed E-state index contributed by atoms with van der Waals surface area (Å²) < 4.78 is 0. The molecule has 0 rings (SSSR count). The van der Waals surface area contributed by atoms with E-state index in [-0.39, 0.29) is 6.42 Å². The van der Waals surface area contributed by atoms with E-state index in [1.165, 1.54) is 32.1 Å². The van der Waals surface area contributed by atoms with Crippen molar-refractivity contribution in [1.82, 2.24) is 0 Å². The molecule has 0 bridgehead atoms. The zero-order valence-corrected chi connectivity index (χ0v) is 15.5. The molecule has 0 fully saturated rings. The van der Waals surface area contributed by atoms with Gasteiger partial charge in [0.1, 0.15) is 0 Å². The largest absolute Gasteiger partial charge is 0.481 e. The predicted octanol–water partition coefficient (Wildman–Crippen LogP) is 7.00. The van der Waals surface area contributed by atoms with E-state index in [0.717, 1.165) is 38.5 Å². The molecule has 0 aliphatic carbocycles. The average molecular weight is 333 g/mol. The number of rotatable bonds is 16. The monoisotopic (exact) mass is 332 g/mol. The van der Waals surface area contributed by atoms with Crippen LogP contribution in [-0.2, 0) is 4.79 Å². The lowest BCUT2D eigenvalue weighted by molar-refractivity contribution is -0.137. The van der Waals surface area contributed by atoms with Crippen LogP contribution in [0.5, 0.6) is 0 Å². The zero-order chi connectivity index (χ0) is 17.7. The Morgan fingerprint density at radius 1 is 0.708 bits per heavy atom. The molecule has 0 spiro atoms. The van der Waals surface area contributed by atoms with Gasteiger partial charge in [-0.2, -0.15) is 0 Å². The van der Waals surface area contributed by atoms with Gasteiger partial charge in [-0.05, 0) is 57.8 Å². The fraction of sp³-hybridized carbons (Fsp3) is 0.591. The molecule has 0 unspecified atom stereocenters. The van der Waals surface area contributed by atoms with Crippen molar-refractivity contribution in [2.75, 3.05) is 0 Å². The predicted molar refractivity (Wildman–Crippen MR) is 105 cm³/mol. The van der Waals surface area contributed by atoms with Crippen molar-refractivity contribution in [3.8, 4) is 0 Å². The lowest BCUT2D eigenvalue weighted by Crippen LogP contribution is -1.92. The van der Waals surface area contributed by atoms with E-state index >= 15 is 0 Å². The Morgan fingerprint density at radius 3 is 1.83 bits per heavy atom. The highest BCUT2D eigenvalue weighted by Gasteiger charge is 1.93. The third kappa shape index (κ3) is 20.4. The standard InChI is InChI=1S/C22H36O2/c1-2-3-4-5-6-7-8-9-10-11-12-13-14-15-16-17-18-19-20-21-22(23)24/h3-4,6-7,14-17H,2,5,8-13,18-21H2,1H3,(H,23,24)/b4-3+,7-6+,15-14+,17-16+. The van der Waals surface area contributed by atoms with Crippen LogP contribution < -0.4 is 0 Å². The van der Waals surface area contributed by atoms with Gasteiger partial charge in [-0.25, -0.2) is 0 Å². The molecule has 2 heteroatoms. The van der Waals surface area contributed by atoms with Crippen molar-refractivity contribution >= 4 is 5.97 Å². The second-order valence-corrected chi connectivity index (χ2v) is 6.07. The lowest BCUT2D eigenvalue weighted by Gasteiger charge is -1.96. The zero-order valence-electron chi connectivity index (χ0n) is 15.5. The quantitative estimate of drug-likeness (QED) is 0.188. The van der Waals surface area contributed by atoms with Gasteiger partial charge in [0.25, 0.3) is 0 Å². The van der Waals surface area contributed by atoms with Crippen LogP contribution in [0.4, 0.5) is 0 Å². The molecule has 0 aliphatic heterocycles. The molecular formula is C22H36O2. The van der Waals surface area contributed by atoms with Gasteiger partial charge >= 0.3 is 5.97 Å². The maximum Gasteiger partial charge on any atom is 0.303 e. The summed E-state index contributed by atoms with van der Waals surface area (Å²) in [5.74, 6) is -0.695. The number of aliphatic carboxylic acids is 1. The highest BCUT2D eigenvalue weighted by Crippen LogP contribution is 2.07. The van der Waals surface area contributed by atoms with Gasteiger partial charge < -0.3 is 5.11 Å². The van der Waals surface area contributed by atoms with Crippen LogP contribution >= 0.6 is 0 Å². The third-order valence-electron chi connectivity index (χ3n) is 3.73. The van der Waals surface area contributed by atoms with Crippen LogP contribution in [0.1, 0.15) is 84.0 Å². The molecule has 0 saturated carbocycles. The van der Waals surface area contributed by atoms with E-state index in [4.69, 9.17) is 5.11 Å². The molecule has 0 aromatic carbocycles. The minimum atomic E-state index is -0.695. The minimum Gasteiger partial charge on any atom is -0.481 e. The van der Waals surface area contributed by atoms with E-state index in [0.29, 0.717) is 0 Å². The maximum absolute atomic E-state index is 10.3. The Kier molecular flexibility index (Phi) is 18.2. The first kappa shape index (κ1) is 22.4. The highest BCUT2D eigenvalue weighted by molar-refractivity contribution is 5.66. The van der Waals surface area contributed by atoms with Crippen molar-refractivity contribution in [1.29, 1.82) is 0 Å². The van der Waals surface area contributed by atoms with E-state index in [1.54, 1.807) is 0 Å². The summed E-state index contributed by atoms with van der Waals surface area (Å²) in [7, 11) is 0. The molecular weight excluding hydrogens is 296 g/mol. The smallest absolute Gasteiger partial charge is 0.303 e. The first-order chi connectivity index (χ1) is 11.8. The average Bonchev–Trinajstić information content (AvgIpc) is 2.56. The summed E-state index contributed by atoms with van der Waals surface area (Å²) in [6.07, 6.45) is 30.3. The summed E-state index contributed by atoms with van der Waals surface area (Å²) in [5, 5.41) is 8.52. The van der Waals surface area contributed by atoms with Gasteiger partial charge in [0.2, 0.25) is 0 Å². The Morgan fingerprint density at radius 2 is 1.25 bits per heavy atom. The molecule has 0 heterocycles. The number of carboxylic acid groups (broad SMARTS) is 1. The molecule has 0 amide bonds. The molecule has 0 saturated heterocycles. The Labute approximate surface area is 149 Å². The van der Waals surface area contributed by atoms with Gasteiger partial charge in [-0.1, -0.05) is 68.4 Å². The number of carbonyl (C=O) groups is 1. The first-order valence-electron chi connectivity index (χ1n) is 9.60. The third-order valence-corrected chi connectivity index (χ3v) is 3.73. The Balaban J connectivity index is 3.28. The van der Waals surface area contributed by atoms with Crippen molar-refractivity contribution in [2.45, 2.75) is 84.0 Å². The van der Waals surface area contributed by atoms with Crippen LogP contribution in [0.15, 0.2) is 48.6 Å². The molecule has 0 radical (unpaired) electrons. The van der Waals surface area contributed by atoms with E-state index in [9.17, 15) is 4.79 Å². The number of unbranched alkanes of at least 4 members (excludes halogenated alkanes) is 7. The summed E-state index contributed by atoms with van der Waals surface area (Å²) in [6.45, 7) is 2.16. The number of allylic oxidation sites excluding steroid dienone is 8. The number of hydrogen-bond donors (Lipinski definition) is 1. The van der Waals surface area contributed by atoms with Gasteiger partial charge in [-0.3, -0.25) is 4.79 Å². The molecule has 136 valence electrons. The van der Waals surface area contributed by atoms with Gasteiger partial charge in [0, 0.05) is 6.42 Å². The Hall–Kier alpha value is -1.57. The Bertz CT molecular complexity index is 389. The summed E-state index contributed by atoms with van der Waals surface area (Å²) in [4.78, 5) is 10.3. The van der Waals surface area contributed by atoms with Gasteiger partial charge in [0.15, 0.2) is 0 Å². The molecule has 0 aromatic heterocycles. The lowest BCUT2D eigenvalue weighted by atomic mass is 10.1. The van der Waals surface area contributed by atoms with Crippen molar-refractivity contribution in [2.24, 2.45) is 0 Å². The molecule has 24 heavy (non-hydrogen) atoms. The summed E-state index contributed by atoms with van der Waals surface area (Å²) in [6, 6.07) is 0. The second-order valence-electron chi connectivity index (χ2n) is 6.07. The number of hydrogen-bond acceptors (Lipinski definition) is 1. The van der Waals surface area contributed by atoms with Crippen molar-refractivity contribution in [3.05, 3.63) is 48.6 Å².